The average Bonchev–Trinajstić information content (AvgIpc) is 2.74. The summed E-state index contributed by atoms with van der Waals surface area (Å²) in [5.41, 5.74) is 9.40. The quantitative estimate of drug-likeness (QED) is 0.837. The number of carbonyl (C=O) groups is 1. The van der Waals surface area contributed by atoms with Crippen molar-refractivity contribution in [1.29, 1.82) is 0 Å². The smallest absolute Gasteiger partial charge is 0.217 e. The summed E-state index contributed by atoms with van der Waals surface area (Å²) in [7, 11) is 0. The molecule has 0 saturated heterocycles. The van der Waals surface area contributed by atoms with Crippen LogP contribution in [0, 0.1) is 0 Å². The molecule has 3 rings (SSSR count). The van der Waals surface area contributed by atoms with E-state index in [2.05, 4.69) is 61.7 Å². The summed E-state index contributed by atoms with van der Waals surface area (Å²) in [5.74, 6) is -0.215. The van der Waals surface area contributed by atoms with Gasteiger partial charge in [-0.05, 0) is 44.0 Å². The summed E-state index contributed by atoms with van der Waals surface area (Å²) in [4.78, 5) is 11.1. The second-order valence-electron chi connectivity index (χ2n) is 6.82. The molecule has 0 bridgehead atoms. The lowest BCUT2D eigenvalue weighted by Gasteiger charge is -2.19. The minimum Gasteiger partial charge on any atom is -0.370 e. The van der Waals surface area contributed by atoms with Crippen molar-refractivity contribution in [3.05, 3.63) is 42.0 Å². The molecule has 2 aromatic rings. The standard InChI is InChI=1S/C20H24N2O/c1-4-22-16-13-12-14-8-5-6-9-15(14)19(16)20(2,3)17(22)10-7-11-18(21)23/h5-6,8-9,12-13H,4,7,10-11H2,1-3H3,(H-,21,23)/p+1. The first kappa shape index (κ1) is 15.7. The van der Waals surface area contributed by atoms with E-state index < -0.39 is 0 Å². The Kier molecular flexibility index (Phi) is 3.97. The van der Waals surface area contributed by atoms with Gasteiger partial charge in [0, 0.05) is 24.5 Å². The van der Waals surface area contributed by atoms with E-state index in [1.54, 1.807) is 0 Å². The van der Waals surface area contributed by atoms with Gasteiger partial charge >= 0.3 is 0 Å². The van der Waals surface area contributed by atoms with E-state index in [0.29, 0.717) is 6.42 Å². The van der Waals surface area contributed by atoms with Crippen LogP contribution in [0.1, 0.15) is 45.6 Å². The molecule has 0 aromatic heterocycles. The predicted molar refractivity (Wildman–Crippen MR) is 95.5 cm³/mol. The van der Waals surface area contributed by atoms with Gasteiger partial charge in [0.2, 0.25) is 11.6 Å². The Morgan fingerprint density at radius 2 is 1.91 bits per heavy atom. The highest BCUT2D eigenvalue weighted by Crippen LogP contribution is 2.44. The molecule has 1 amide bonds. The maximum absolute atomic E-state index is 11.1. The van der Waals surface area contributed by atoms with Crippen molar-refractivity contribution >= 4 is 28.1 Å². The minimum absolute atomic E-state index is 0.0240. The first-order valence-electron chi connectivity index (χ1n) is 8.41. The normalized spacial score (nSPS) is 16.0. The van der Waals surface area contributed by atoms with Crippen LogP contribution in [0.5, 0.6) is 0 Å². The van der Waals surface area contributed by atoms with Crippen molar-refractivity contribution in [2.45, 2.75) is 45.4 Å². The summed E-state index contributed by atoms with van der Waals surface area (Å²) in [6.45, 7) is 7.73. The monoisotopic (exact) mass is 309 g/mol. The molecule has 0 atom stereocenters. The van der Waals surface area contributed by atoms with E-state index in [1.807, 2.05) is 0 Å². The van der Waals surface area contributed by atoms with Crippen LogP contribution >= 0.6 is 0 Å². The zero-order valence-corrected chi connectivity index (χ0v) is 14.2. The Labute approximate surface area is 137 Å². The van der Waals surface area contributed by atoms with Gasteiger partial charge in [-0.3, -0.25) is 4.79 Å². The lowest BCUT2D eigenvalue weighted by Crippen LogP contribution is -2.29. The van der Waals surface area contributed by atoms with Gasteiger partial charge in [-0.25, -0.2) is 0 Å². The van der Waals surface area contributed by atoms with E-state index in [1.165, 1.54) is 27.7 Å². The molecule has 2 N–H and O–H groups in total. The van der Waals surface area contributed by atoms with Crippen LogP contribution in [0.2, 0.25) is 0 Å². The molecule has 23 heavy (non-hydrogen) atoms. The van der Waals surface area contributed by atoms with Crippen LogP contribution in [0.4, 0.5) is 5.69 Å². The number of primary amides is 1. The lowest BCUT2D eigenvalue weighted by molar-refractivity contribution is -0.435. The average molecular weight is 309 g/mol. The fourth-order valence-electron chi connectivity index (χ4n) is 4.01. The Morgan fingerprint density at radius 1 is 1.17 bits per heavy atom. The predicted octanol–water partition coefficient (Wildman–Crippen LogP) is 3.89. The number of hydrogen-bond donors (Lipinski definition) is 1. The molecule has 1 aliphatic heterocycles. The summed E-state index contributed by atoms with van der Waals surface area (Å²) in [6, 6.07) is 13.0. The number of amides is 1. The van der Waals surface area contributed by atoms with E-state index >= 15 is 0 Å². The van der Waals surface area contributed by atoms with E-state index in [9.17, 15) is 4.79 Å². The zero-order chi connectivity index (χ0) is 16.6. The van der Waals surface area contributed by atoms with Crippen LogP contribution in [0.25, 0.3) is 10.8 Å². The second-order valence-corrected chi connectivity index (χ2v) is 6.82. The van der Waals surface area contributed by atoms with E-state index in [-0.39, 0.29) is 11.3 Å². The van der Waals surface area contributed by atoms with Gasteiger partial charge < -0.3 is 5.73 Å². The van der Waals surface area contributed by atoms with Crippen molar-refractivity contribution in [1.82, 2.24) is 0 Å². The molecule has 0 radical (unpaired) electrons. The van der Waals surface area contributed by atoms with E-state index in [0.717, 1.165) is 19.4 Å². The fourth-order valence-corrected chi connectivity index (χ4v) is 4.01. The third-order valence-corrected chi connectivity index (χ3v) is 5.02. The third kappa shape index (κ3) is 2.54. The highest BCUT2D eigenvalue weighted by atomic mass is 16.1. The van der Waals surface area contributed by atoms with Crippen LogP contribution < -0.4 is 5.73 Å². The van der Waals surface area contributed by atoms with Crippen molar-refractivity contribution in [2.24, 2.45) is 5.73 Å². The van der Waals surface area contributed by atoms with Crippen LogP contribution in [0.15, 0.2) is 36.4 Å². The van der Waals surface area contributed by atoms with Gasteiger partial charge in [0.1, 0.15) is 6.54 Å². The topological polar surface area (TPSA) is 46.1 Å². The number of hydrogen-bond acceptors (Lipinski definition) is 1. The Balaban J connectivity index is 2.10. The number of benzene rings is 2. The minimum atomic E-state index is -0.215. The van der Waals surface area contributed by atoms with Gasteiger partial charge in [-0.15, -0.1) is 0 Å². The summed E-state index contributed by atoms with van der Waals surface area (Å²) in [6.07, 6.45) is 2.18. The SMILES string of the molecule is CC[N+]1=C(CCCC(N)=O)C(C)(C)c2c1ccc1ccccc21. The number of carbonyl (C=O) groups excluding carboxylic acids is 1. The molecular formula is C20H25N2O+. The maximum atomic E-state index is 11.1. The molecule has 120 valence electrons. The van der Waals surface area contributed by atoms with Gasteiger partial charge in [-0.1, -0.05) is 24.3 Å². The molecule has 0 aliphatic carbocycles. The molecule has 3 nitrogen and oxygen atoms in total. The van der Waals surface area contributed by atoms with Crippen LogP contribution in [-0.4, -0.2) is 22.7 Å². The molecule has 0 saturated carbocycles. The van der Waals surface area contributed by atoms with Gasteiger partial charge in [0.05, 0.1) is 5.41 Å². The van der Waals surface area contributed by atoms with Gasteiger partial charge in [0.15, 0.2) is 5.71 Å². The highest BCUT2D eigenvalue weighted by molar-refractivity contribution is 6.02. The Hall–Kier alpha value is -2.16. The largest absolute Gasteiger partial charge is 0.370 e. The summed E-state index contributed by atoms with van der Waals surface area (Å²) < 4.78 is 2.42. The third-order valence-electron chi connectivity index (χ3n) is 5.02. The van der Waals surface area contributed by atoms with E-state index in [4.69, 9.17) is 5.73 Å². The van der Waals surface area contributed by atoms with Crippen molar-refractivity contribution < 1.29 is 9.37 Å². The van der Waals surface area contributed by atoms with Crippen molar-refractivity contribution in [3.8, 4) is 0 Å². The molecule has 1 heterocycles. The molecule has 0 unspecified atom stereocenters. The highest BCUT2D eigenvalue weighted by Gasteiger charge is 2.45. The first-order chi connectivity index (χ1) is 11.0. The van der Waals surface area contributed by atoms with Crippen LogP contribution in [-0.2, 0) is 10.2 Å². The van der Waals surface area contributed by atoms with Crippen LogP contribution in [0.3, 0.4) is 0 Å². The summed E-state index contributed by atoms with van der Waals surface area (Å²) in [5, 5.41) is 2.62. The number of nitrogens with zero attached hydrogens (tertiary/aromatic N) is 1. The molecule has 3 heteroatoms. The maximum Gasteiger partial charge on any atom is 0.217 e. The van der Waals surface area contributed by atoms with Crippen molar-refractivity contribution in [2.75, 3.05) is 6.54 Å². The number of rotatable bonds is 5. The molecular weight excluding hydrogens is 284 g/mol. The molecule has 0 spiro atoms. The fraction of sp³-hybridized carbons (Fsp3) is 0.400. The molecule has 0 fully saturated rings. The molecule has 2 aromatic carbocycles. The van der Waals surface area contributed by atoms with Gasteiger partial charge in [-0.2, -0.15) is 4.58 Å². The second kappa shape index (κ2) is 5.80. The Morgan fingerprint density at radius 3 is 2.61 bits per heavy atom. The molecule has 1 aliphatic rings. The lowest BCUT2D eigenvalue weighted by atomic mass is 9.77. The first-order valence-corrected chi connectivity index (χ1v) is 8.41. The summed E-state index contributed by atoms with van der Waals surface area (Å²) >= 11 is 0. The Bertz CT molecular complexity index is 802. The van der Waals surface area contributed by atoms with Crippen molar-refractivity contribution in [3.63, 3.8) is 0 Å². The number of nitrogens with two attached hydrogens (primary N) is 1. The zero-order valence-electron chi connectivity index (χ0n) is 14.2. The van der Waals surface area contributed by atoms with Gasteiger partial charge in [0.25, 0.3) is 0 Å². The number of fused-ring (bicyclic) bond motifs is 3.